The van der Waals surface area contributed by atoms with Crippen LogP contribution in [0.1, 0.15) is 56.8 Å². The van der Waals surface area contributed by atoms with Gasteiger partial charge in [-0.05, 0) is 44.7 Å². The Morgan fingerprint density at radius 1 is 1.21 bits per heavy atom. The van der Waals surface area contributed by atoms with Crippen molar-refractivity contribution < 1.29 is 4.79 Å². The fraction of sp³-hybridized carbons (Fsp3) is 0.562. The van der Waals surface area contributed by atoms with Gasteiger partial charge in [-0.3, -0.25) is 9.69 Å². The smallest absolute Gasteiger partial charge is 0.234 e. The fourth-order valence-electron chi connectivity index (χ4n) is 3.49. The maximum Gasteiger partial charge on any atom is 0.234 e. The van der Waals surface area contributed by atoms with Gasteiger partial charge in [0.25, 0.3) is 0 Å². The van der Waals surface area contributed by atoms with Gasteiger partial charge in [0.15, 0.2) is 0 Å². The Labute approximate surface area is 115 Å². The second-order valence-electron chi connectivity index (χ2n) is 6.71. The second-order valence-corrected chi connectivity index (χ2v) is 6.71. The number of carbonyl (C=O) groups is 1. The number of benzene rings is 1. The summed E-state index contributed by atoms with van der Waals surface area (Å²) in [4.78, 5) is 14.5. The van der Waals surface area contributed by atoms with Crippen LogP contribution in [0.15, 0.2) is 24.3 Å². The molecule has 0 radical (unpaired) electrons. The van der Waals surface area contributed by atoms with Crippen molar-refractivity contribution in [2.45, 2.75) is 51.2 Å². The summed E-state index contributed by atoms with van der Waals surface area (Å²) in [5.74, 6) is 0.136. The van der Waals surface area contributed by atoms with Gasteiger partial charge < -0.3 is 5.32 Å². The second kappa shape index (κ2) is 4.34. The van der Waals surface area contributed by atoms with Crippen LogP contribution in [0.3, 0.4) is 0 Å². The lowest BCUT2D eigenvalue weighted by atomic mass is 9.92. The summed E-state index contributed by atoms with van der Waals surface area (Å²) in [6.45, 7) is 6.59. The predicted octanol–water partition coefficient (Wildman–Crippen LogP) is 2.79. The summed E-state index contributed by atoms with van der Waals surface area (Å²) in [5.41, 5.74) is 2.72. The first kappa shape index (κ1) is 12.7. The first-order chi connectivity index (χ1) is 8.96. The Morgan fingerprint density at radius 3 is 2.21 bits per heavy atom. The third-order valence-corrected chi connectivity index (χ3v) is 4.07. The lowest BCUT2D eigenvalue weighted by Crippen LogP contribution is -2.45. The summed E-state index contributed by atoms with van der Waals surface area (Å²) in [6.07, 6.45) is 2.37. The van der Waals surface area contributed by atoms with Gasteiger partial charge >= 0.3 is 0 Å². The highest BCUT2D eigenvalue weighted by atomic mass is 16.2. The van der Waals surface area contributed by atoms with E-state index in [2.05, 4.69) is 34.5 Å². The van der Waals surface area contributed by atoms with Crippen molar-refractivity contribution in [2.75, 3.05) is 6.54 Å². The van der Waals surface area contributed by atoms with Gasteiger partial charge in [-0.25, -0.2) is 0 Å². The van der Waals surface area contributed by atoms with Crippen LogP contribution in [0.5, 0.6) is 0 Å². The van der Waals surface area contributed by atoms with E-state index in [9.17, 15) is 4.79 Å². The lowest BCUT2D eigenvalue weighted by Gasteiger charge is -2.25. The third-order valence-electron chi connectivity index (χ3n) is 4.07. The quantitative estimate of drug-likeness (QED) is 0.884. The summed E-state index contributed by atoms with van der Waals surface area (Å²) in [6, 6.07) is 9.54. The molecule has 0 saturated carbocycles. The molecule has 0 aromatic heterocycles. The van der Waals surface area contributed by atoms with E-state index in [1.54, 1.807) is 0 Å². The zero-order valence-electron chi connectivity index (χ0n) is 11.9. The molecule has 3 heteroatoms. The number of amides is 1. The zero-order chi connectivity index (χ0) is 13.6. The first-order valence-corrected chi connectivity index (χ1v) is 7.11. The molecule has 0 aliphatic carbocycles. The number of nitrogens with zero attached hydrogens (tertiary/aromatic N) is 1. The predicted molar refractivity (Wildman–Crippen MR) is 75.8 cm³/mol. The SMILES string of the molecule is CC(C)(C)NC(=O)CN1C2CCC1c1ccccc12. The lowest BCUT2D eigenvalue weighted by molar-refractivity contribution is -0.124. The van der Waals surface area contributed by atoms with E-state index in [4.69, 9.17) is 0 Å². The molecule has 2 heterocycles. The van der Waals surface area contributed by atoms with Gasteiger partial charge in [0.2, 0.25) is 5.91 Å². The molecule has 2 aliphatic rings. The number of hydrogen-bond acceptors (Lipinski definition) is 2. The number of rotatable bonds is 2. The maximum atomic E-state index is 12.1. The van der Waals surface area contributed by atoms with Crippen LogP contribution in [0.25, 0.3) is 0 Å². The number of fused-ring (bicyclic) bond motifs is 5. The highest BCUT2D eigenvalue weighted by Crippen LogP contribution is 2.52. The first-order valence-electron chi connectivity index (χ1n) is 7.11. The fourth-order valence-corrected chi connectivity index (χ4v) is 3.49. The zero-order valence-corrected chi connectivity index (χ0v) is 11.9. The minimum atomic E-state index is -0.150. The van der Waals surface area contributed by atoms with Gasteiger partial charge in [-0.1, -0.05) is 24.3 Å². The normalized spacial score (nSPS) is 25.4. The topological polar surface area (TPSA) is 32.3 Å². The van der Waals surface area contributed by atoms with E-state index in [0.29, 0.717) is 18.6 Å². The molecule has 1 N–H and O–H groups in total. The average molecular weight is 258 g/mol. The van der Waals surface area contributed by atoms with Crippen LogP contribution in [-0.4, -0.2) is 22.9 Å². The Morgan fingerprint density at radius 2 is 1.74 bits per heavy atom. The molecule has 2 aliphatic heterocycles. The molecule has 0 spiro atoms. The van der Waals surface area contributed by atoms with Crippen LogP contribution >= 0.6 is 0 Å². The van der Waals surface area contributed by atoms with Crippen molar-refractivity contribution in [2.24, 2.45) is 0 Å². The van der Waals surface area contributed by atoms with Crippen molar-refractivity contribution in [3.63, 3.8) is 0 Å². The molecule has 1 fully saturated rings. The standard InChI is InChI=1S/C16H22N2O/c1-16(2,3)17-15(19)10-18-13-8-9-14(18)12-7-5-4-6-11(12)13/h4-7,13-14H,8-10H2,1-3H3,(H,17,19). The Balaban J connectivity index is 1.74. The van der Waals surface area contributed by atoms with Crippen molar-refractivity contribution in [1.29, 1.82) is 0 Å². The molecule has 1 aromatic carbocycles. The molecule has 1 aromatic rings. The average Bonchev–Trinajstić information content (AvgIpc) is 2.83. The molecule has 2 atom stereocenters. The Hall–Kier alpha value is -1.35. The highest BCUT2D eigenvalue weighted by Gasteiger charge is 2.44. The van der Waals surface area contributed by atoms with Gasteiger partial charge in [-0.2, -0.15) is 0 Å². The van der Waals surface area contributed by atoms with E-state index in [1.165, 1.54) is 24.0 Å². The molecule has 3 rings (SSSR count). The van der Waals surface area contributed by atoms with E-state index in [1.807, 2.05) is 20.8 Å². The Kier molecular flexibility index (Phi) is 2.90. The maximum absolute atomic E-state index is 12.1. The monoisotopic (exact) mass is 258 g/mol. The van der Waals surface area contributed by atoms with Crippen molar-refractivity contribution in [1.82, 2.24) is 10.2 Å². The molecule has 1 amide bonds. The van der Waals surface area contributed by atoms with E-state index in [-0.39, 0.29) is 11.4 Å². The summed E-state index contributed by atoms with van der Waals surface area (Å²) >= 11 is 0. The summed E-state index contributed by atoms with van der Waals surface area (Å²) in [5, 5.41) is 3.06. The molecule has 3 nitrogen and oxygen atoms in total. The van der Waals surface area contributed by atoms with Gasteiger partial charge in [0.1, 0.15) is 0 Å². The third kappa shape index (κ3) is 2.27. The van der Waals surface area contributed by atoms with Crippen LogP contribution in [0, 0.1) is 0 Å². The van der Waals surface area contributed by atoms with Crippen molar-refractivity contribution in [3.05, 3.63) is 35.4 Å². The van der Waals surface area contributed by atoms with Gasteiger partial charge in [0.05, 0.1) is 6.54 Å². The van der Waals surface area contributed by atoms with Crippen LogP contribution in [-0.2, 0) is 4.79 Å². The molecular weight excluding hydrogens is 236 g/mol. The number of nitrogens with one attached hydrogen (secondary N) is 1. The van der Waals surface area contributed by atoms with E-state index < -0.39 is 0 Å². The van der Waals surface area contributed by atoms with Crippen molar-refractivity contribution in [3.8, 4) is 0 Å². The molecule has 19 heavy (non-hydrogen) atoms. The van der Waals surface area contributed by atoms with Gasteiger partial charge in [-0.15, -0.1) is 0 Å². The van der Waals surface area contributed by atoms with Gasteiger partial charge in [0, 0.05) is 17.6 Å². The van der Waals surface area contributed by atoms with Crippen LogP contribution < -0.4 is 5.32 Å². The highest BCUT2D eigenvalue weighted by molar-refractivity contribution is 5.79. The summed E-state index contributed by atoms with van der Waals surface area (Å²) in [7, 11) is 0. The van der Waals surface area contributed by atoms with Crippen molar-refractivity contribution >= 4 is 5.91 Å². The molecule has 2 unspecified atom stereocenters. The number of carbonyl (C=O) groups excluding carboxylic acids is 1. The molecule has 2 bridgehead atoms. The minimum Gasteiger partial charge on any atom is -0.350 e. The minimum absolute atomic E-state index is 0.136. The Bertz CT molecular complexity index is 473. The van der Waals surface area contributed by atoms with E-state index in [0.717, 1.165) is 0 Å². The number of hydrogen-bond donors (Lipinski definition) is 1. The molecular formula is C16H22N2O. The van der Waals surface area contributed by atoms with Crippen LogP contribution in [0.4, 0.5) is 0 Å². The largest absolute Gasteiger partial charge is 0.350 e. The van der Waals surface area contributed by atoms with E-state index >= 15 is 0 Å². The molecule has 102 valence electrons. The molecule has 1 saturated heterocycles. The van der Waals surface area contributed by atoms with Crippen LogP contribution in [0.2, 0.25) is 0 Å². The summed E-state index contributed by atoms with van der Waals surface area (Å²) < 4.78 is 0.